The number of hydrogen-bond donors (Lipinski definition) is 1. The van der Waals surface area contributed by atoms with Crippen LogP contribution >= 0.6 is 0 Å². The first-order valence-electron chi connectivity index (χ1n) is 6.85. The number of hydrogen-bond acceptors (Lipinski definition) is 4. The molecule has 1 saturated heterocycles. The van der Waals surface area contributed by atoms with Crippen LogP contribution in [0, 0.1) is 0 Å². The predicted octanol–water partition coefficient (Wildman–Crippen LogP) is 0.724. The van der Waals surface area contributed by atoms with Crippen LogP contribution in [0.5, 0.6) is 0 Å². The predicted molar refractivity (Wildman–Crippen MR) is 75.1 cm³/mol. The van der Waals surface area contributed by atoms with Gasteiger partial charge in [0.2, 0.25) is 5.91 Å². The monoisotopic (exact) mass is 276 g/mol. The van der Waals surface area contributed by atoms with E-state index in [1.165, 1.54) is 6.92 Å². The van der Waals surface area contributed by atoms with E-state index < -0.39 is 0 Å². The molecule has 108 valence electrons. The van der Waals surface area contributed by atoms with Crippen molar-refractivity contribution in [1.29, 1.82) is 0 Å². The topological polar surface area (TPSA) is 58.6 Å². The van der Waals surface area contributed by atoms with E-state index in [4.69, 9.17) is 4.74 Å². The second kappa shape index (κ2) is 7.05. The lowest BCUT2D eigenvalue weighted by atomic mass is 10.1. The van der Waals surface area contributed by atoms with Crippen molar-refractivity contribution in [3.05, 3.63) is 35.4 Å². The Morgan fingerprint density at radius 2 is 1.95 bits per heavy atom. The van der Waals surface area contributed by atoms with Gasteiger partial charge in [-0.25, -0.2) is 0 Å². The van der Waals surface area contributed by atoms with Crippen molar-refractivity contribution in [2.75, 3.05) is 26.2 Å². The van der Waals surface area contributed by atoms with Gasteiger partial charge in [-0.05, 0) is 11.1 Å². The number of esters is 1. The van der Waals surface area contributed by atoms with Crippen LogP contribution in [0.2, 0.25) is 0 Å². The van der Waals surface area contributed by atoms with Gasteiger partial charge in [-0.1, -0.05) is 24.3 Å². The van der Waals surface area contributed by atoms with Gasteiger partial charge in [0.05, 0.1) is 6.42 Å². The third-order valence-corrected chi connectivity index (χ3v) is 3.26. The number of benzene rings is 1. The van der Waals surface area contributed by atoms with Gasteiger partial charge >= 0.3 is 5.97 Å². The number of piperazine rings is 1. The van der Waals surface area contributed by atoms with E-state index in [1.807, 2.05) is 29.2 Å². The van der Waals surface area contributed by atoms with Gasteiger partial charge in [0.25, 0.3) is 0 Å². The highest BCUT2D eigenvalue weighted by molar-refractivity contribution is 5.79. The second-order valence-electron chi connectivity index (χ2n) is 4.91. The molecule has 1 aromatic rings. The molecule has 0 atom stereocenters. The highest BCUT2D eigenvalue weighted by Crippen LogP contribution is 2.09. The highest BCUT2D eigenvalue weighted by Gasteiger charge is 2.16. The van der Waals surface area contributed by atoms with E-state index in [9.17, 15) is 9.59 Å². The van der Waals surface area contributed by atoms with Crippen molar-refractivity contribution in [1.82, 2.24) is 10.2 Å². The van der Waals surface area contributed by atoms with Crippen LogP contribution in [0.4, 0.5) is 0 Å². The van der Waals surface area contributed by atoms with E-state index in [-0.39, 0.29) is 18.5 Å². The molecule has 5 nitrogen and oxygen atoms in total. The molecule has 0 unspecified atom stereocenters. The fourth-order valence-corrected chi connectivity index (χ4v) is 2.22. The van der Waals surface area contributed by atoms with Gasteiger partial charge in [-0.15, -0.1) is 0 Å². The summed E-state index contributed by atoms with van der Waals surface area (Å²) < 4.78 is 4.96. The van der Waals surface area contributed by atoms with Crippen LogP contribution in [0.1, 0.15) is 18.1 Å². The third kappa shape index (κ3) is 4.35. The molecule has 20 heavy (non-hydrogen) atoms. The molecule has 1 aliphatic rings. The van der Waals surface area contributed by atoms with E-state index in [1.54, 1.807) is 0 Å². The normalized spacial score (nSPS) is 14.9. The van der Waals surface area contributed by atoms with Crippen LogP contribution in [0.15, 0.2) is 24.3 Å². The summed E-state index contributed by atoms with van der Waals surface area (Å²) >= 11 is 0. The molecular weight excluding hydrogens is 256 g/mol. The molecule has 0 aromatic heterocycles. The Balaban J connectivity index is 1.93. The Labute approximate surface area is 118 Å². The highest BCUT2D eigenvalue weighted by atomic mass is 16.5. The fraction of sp³-hybridized carbons (Fsp3) is 0.467. The van der Waals surface area contributed by atoms with Crippen LogP contribution < -0.4 is 5.32 Å². The minimum atomic E-state index is -0.299. The third-order valence-electron chi connectivity index (χ3n) is 3.26. The average molecular weight is 276 g/mol. The molecule has 1 aliphatic heterocycles. The Morgan fingerprint density at radius 3 is 2.65 bits per heavy atom. The van der Waals surface area contributed by atoms with Crippen molar-refractivity contribution in [2.45, 2.75) is 20.0 Å². The maximum absolute atomic E-state index is 12.2. The lowest BCUT2D eigenvalue weighted by molar-refractivity contribution is -0.142. The molecule has 5 heteroatoms. The first kappa shape index (κ1) is 14.5. The van der Waals surface area contributed by atoms with Crippen molar-refractivity contribution < 1.29 is 14.3 Å². The van der Waals surface area contributed by atoms with Crippen LogP contribution in [-0.2, 0) is 27.4 Å². The number of carbonyl (C=O) groups excluding carboxylic acids is 2. The van der Waals surface area contributed by atoms with E-state index in [2.05, 4.69) is 5.32 Å². The van der Waals surface area contributed by atoms with Gasteiger partial charge in [0.1, 0.15) is 6.61 Å². The number of nitrogens with one attached hydrogen (secondary N) is 1. The van der Waals surface area contributed by atoms with Crippen molar-refractivity contribution in [2.24, 2.45) is 0 Å². The molecule has 0 spiro atoms. The largest absolute Gasteiger partial charge is 0.461 e. The first-order valence-corrected chi connectivity index (χ1v) is 6.85. The zero-order valence-corrected chi connectivity index (χ0v) is 11.7. The maximum atomic E-state index is 12.2. The van der Waals surface area contributed by atoms with Crippen molar-refractivity contribution in [3.63, 3.8) is 0 Å². The fourth-order valence-electron chi connectivity index (χ4n) is 2.22. The molecule has 1 amide bonds. The molecule has 0 bridgehead atoms. The molecular formula is C15H20N2O3. The zero-order valence-electron chi connectivity index (χ0n) is 11.7. The quantitative estimate of drug-likeness (QED) is 0.823. The average Bonchev–Trinajstić information content (AvgIpc) is 2.46. The zero-order chi connectivity index (χ0) is 14.4. The summed E-state index contributed by atoms with van der Waals surface area (Å²) in [6.45, 7) is 4.90. The second-order valence-corrected chi connectivity index (χ2v) is 4.91. The minimum absolute atomic E-state index is 0.149. The molecule has 2 rings (SSSR count). The summed E-state index contributed by atoms with van der Waals surface area (Å²) in [6.07, 6.45) is 0.397. The van der Waals surface area contributed by atoms with Crippen LogP contribution in [0.3, 0.4) is 0 Å². The van der Waals surface area contributed by atoms with E-state index >= 15 is 0 Å². The standard InChI is InChI=1S/C15H20N2O3/c1-12(18)20-11-14-4-2-3-13(9-14)10-15(19)17-7-5-16-6-8-17/h2-4,9,16H,5-8,10-11H2,1H3. The Morgan fingerprint density at radius 1 is 1.25 bits per heavy atom. The summed E-state index contributed by atoms with van der Waals surface area (Å²) in [5, 5.41) is 3.23. The molecule has 0 aliphatic carbocycles. The summed E-state index contributed by atoms with van der Waals surface area (Å²) in [5.41, 5.74) is 1.86. The van der Waals surface area contributed by atoms with E-state index in [0.717, 1.165) is 37.3 Å². The lowest BCUT2D eigenvalue weighted by Gasteiger charge is -2.27. The smallest absolute Gasteiger partial charge is 0.302 e. The first-order chi connectivity index (χ1) is 9.65. The maximum Gasteiger partial charge on any atom is 0.302 e. The van der Waals surface area contributed by atoms with Gasteiger partial charge in [0, 0.05) is 33.1 Å². The molecule has 1 fully saturated rings. The van der Waals surface area contributed by atoms with Gasteiger partial charge < -0.3 is 15.0 Å². The van der Waals surface area contributed by atoms with Gasteiger partial charge in [-0.3, -0.25) is 9.59 Å². The Kier molecular flexibility index (Phi) is 5.12. The molecule has 0 saturated carbocycles. The molecule has 1 N–H and O–H groups in total. The molecule has 0 radical (unpaired) electrons. The Hall–Kier alpha value is -1.88. The lowest BCUT2D eigenvalue weighted by Crippen LogP contribution is -2.46. The molecule has 1 heterocycles. The van der Waals surface area contributed by atoms with Crippen LogP contribution in [-0.4, -0.2) is 43.0 Å². The number of nitrogens with zero attached hydrogens (tertiary/aromatic N) is 1. The SMILES string of the molecule is CC(=O)OCc1cccc(CC(=O)N2CCNCC2)c1. The summed E-state index contributed by atoms with van der Waals surface area (Å²) in [5.74, 6) is -0.150. The van der Waals surface area contributed by atoms with Crippen LogP contribution in [0.25, 0.3) is 0 Å². The van der Waals surface area contributed by atoms with Gasteiger partial charge in [-0.2, -0.15) is 0 Å². The van der Waals surface area contributed by atoms with Crippen molar-refractivity contribution in [3.8, 4) is 0 Å². The van der Waals surface area contributed by atoms with Gasteiger partial charge in [0.15, 0.2) is 0 Å². The van der Waals surface area contributed by atoms with E-state index in [0.29, 0.717) is 6.42 Å². The number of carbonyl (C=O) groups is 2. The summed E-state index contributed by atoms with van der Waals surface area (Å²) in [4.78, 5) is 24.8. The minimum Gasteiger partial charge on any atom is -0.461 e. The summed E-state index contributed by atoms with van der Waals surface area (Å²) in [6, 6.07) is 7.63. The van der Waals surface area contributed by atoms with Crippen molar-refractivity contribution >= 4 is 11.9 Å². The number of rotatable bonds is 4. The Bertz CT molecular complexity index is 482. The number of amides is 1. The summed E-state index contributed by atoms with van der Waals surface area (Å²) in [7, 11) is 0. The molecule has 1 aromatic carbocycles. The number of ether oxygens (including phenoxy) is 1.